The summed E-state index contributed by atoms with van der Waals surface area (Å²) in [6.07, 6.45) is -0.853. The van der Waals surface area contributed by atoms with E-state index < -0.39 is 54.0 Å². The van der Waals surface area contributed by atoms with Crippen LogP contribution in [0.4, 0.5) is 0 Å². The smallest absolute Gasteiger partial charge is 0.327 e. The van der Waals surface area contributed by atoms with Crippen LogP contribution in [0.3, 0.4) is 0 Å². The molecule has 0 bridgehead atoms. The van der Waals surface area contributed by atoms with Crippen molar-refractivity contribution < 1.29 is 29.4 Å². The van der Waals surface area contributed by atoms with Crippen molar-refractivity contribution in [3.05, 3.63) is 0 Å². The standard InChI is InChI=1S/C16H30N4O6S/c1-7(2)5-10(17)14(23)18-8(3)13(22)20-12(9(4)21)15(24)19-11(6-27)16(25)26/h7-12,21,27H,5-6,17H2,1-4H3,(H,18,23)(H,19,24)(H,20,22)(H,25,26). The average molecular weight is 407 g/mol. The molecule has 27 heavy (non-hydrogen) atoms. The van der Waals surface area contributed by atoms with E-state index in [0.717, 1.165) is 0 Å². The van der Waals surface area contributed by atoms with Crippen LogP contribution in [-0.2, 0) is 19.2 Å². The molecule has 0 aromatic rings. The van der Waals surface area contributed by atoms with Crippen LogP contribution in [0, 0.1) is 5.92 Å². The van der Waals surface area contributed by atoms with Gasteiger partial charge in [-0.25, -0.2) is 4.79 Å². The monoisotopic (exact) mass is 406 g/mol. The quantitative estimate of drug-likeness (QED) is 0.199. The number of nitrogens with one attached hydrogen (secondary N) is 3. The molecule has 0 fully saturated rings. The molecule has 10 nitrogen and oxygen atoms in total. The third kappa shape index (κ3) is 9.07. The van der Waals surface area contributed by atoms with E-state index in [1.165, 1.54) is 13.8 Å². The van der Waals surface area contributed by atoms with Crippen molar-refractivity contribution in [3.63, 3.8) is 0 Å². The second-order valence-electron chi connectivity index (χ2n) is 6.78. The molecule has 3 amide bonds. The number of carboxylic acids is 1. The zero-order valence-electron chi connectivity index (χ0n) is 15.9. The van der Waals surface area contributed by atoms with E-state index in [1.807, 2.05) is 13.8 Å². The van der Waals surface area contributed by atoms with Gasteiger partial charge in [-0.1, -0.05) is 13.8 Å². The highest BCUT2D eigenvalue weighted by Gasteiger charge is 2.31. The third-order valence-electron chi connectivity index (χ3n) is 3.67. The van der Waals surface area contributed by atoms with E-state index in [1.54, 1.807) is 0 Å². The molecular weight excluding hydrogens is 376 g/mol. The average Bonchev–Trinajstić information content (AvgIpc) is 2.55. The van der Waals surface area contributed by atoms with Crippen LogP contribution in [0.5, 0.6) is 0 Å². The molecule has 0 saturated carbocycles. The van der Waals surface area contributed by atoms with E-state index in [4.69, 9.17) is 10.8 Å². The van der Waals surface area contributed by atoms with Gasteiger partial charge in [0, 0.05) is 5.75 Å². The van der Waals surface area contributed by atoms with E-state index in [9.17, 15) is 24.3 Å². The SMILES string of the molecule is CC(C)CC(N)C(=O)NC(C)C(=O)NC(C(=O)NC(CS)C(=O)O)C(C)O. The molecule has 0 spiro atoms. The number of carbonyl (C=O) groups excluding carboxylic acids is 3. The van der Waals surface area contributed by atoms with Crippen LogP contribution >= 0.6 is 12.6 Å². The van der Waals surface area contributed by atoms with Crippen LogP contribution in [0.25, 0.3) is 0 Å². The Morgan fingerprint density at radius 2 is 1.52 bits per heavy atom. The van der Waals surface area contributed by atoms with Gasteiger partial charge in [0.05, 0.1) is 12.1 Å². The fraction of sp³-hybridized carbons (Fsp3) is 0.750. The van der Waals surface area contributed by atoms with Crippen molar-refractivity contribution in [3.8, 4) is 0 Å². The number of nitrogens with two attached hydrogens (primary N) is 1. The maximum Gasteiger partial charge on any atom is 0.327 e. The fourth-order valence-corrected chi connectivity index (χ4v) is 2.38. The van der Waals surface area contributed by atoms with Gasteiger partial charge in [-0.05, 0) is 26.2 Å². The first-order chi connectivity index (χ1) is 12.4. The van der Waals surface area contributed by atoms with Gasteiger partial charge >= 0.3 is 5.97 Å². The van der Waals surface area contributed by atoms with Crippen molar-refractivity contribution in [1.29, 1.82) is 0 Å². The molecule has 5 unspecified atom stereocenters. The molecule has 0 heterocycles. The lowest BCUT2D eigenvalue weighted by Crippen LogP contribution is -2.59. The van der Waals surface area contributed by atoms with Gasteiger partial charge in [0.15, 0.2) is 0 Å². The van der Waals surface area contributed by atoms with Crippen molar-refractivity contribution in [2.24, 2.45) is 11.7 Å². The molecule has 0 aliphatic carbocycles. The number of amides is 3. The van der Waals surface area contributed by atoms with Crippen molar-refractivity contribution in [2.45, 2.75) is 64.4 Å². The Labute approximate surface area is 164 Å². The van der Waals surface area contributed by atoms with E-state index >= 15 is 0 Å². The lowest BCUT2D eigenvalue weighted by molar-refractivity contribution is -0.142. The summed E-state index contributed by atoms with van der Waals surface area (Å²) in [5.41, 5.74) is 5.75. The summed E-state index contributed by atoms with van der Waals surface area (Å²) < 4.78 is 0. The molecule has 0 aliphatic heterocycles. The minimum Gasteiger partial charge on any atom is -0.480 e. The minimum absolute atomic E-state index is 0.165. The van der Waals surface area contributed by atoms with Crippen LogP contribution < -0.4 is 21.7 Å². The third-order valence-corrected chi connectivity index (χ3v) is 4.04. The van der Waals surface area contributed by atoms with Gasteiger partial charge in [0.2, 0.25) is 17.7 Å². The zero-order chi connectivity index (χ0) is 21.3. The fourth-order valence-electron chi connectivity index (χ4n) is 2.13. The number of aliphatic hydroxyl groups excluding tert-OH is 1. The summed E-state index contributed by atoms with van der Waals surface area (Å²) >= 11 is 3.83. The Balaban J connectivity index is 4.89. The van der Waals surface area contributed by atoms with Gasteiger partial charge < -0.3 is 31.9 Å². The molecular formula is C16H30N4O6S. The second kappa shape index (κ2) is 11.8. The molecule has 0 aromatic heterocycles. The first-order valence-electron chi connectivity index (χ1n) is 8.59. The lowest BCUT2D eigenvalue weighted by Gasteiger charge is -2.25. The molecule has 0 rings (SSSR count). The largest absolute Gasteiger partial charge is 0.480 e. The van der Waals surface area contributed by atoms with Crippen LogP contribution in [-0.4, -0.2) is 69.9 Å². The predicted octanol–water partition coefficient (Wildman–Crippen LogP) is -1.77. The Bertz CT molecular complexity index is 543. The van der Waals surface area contributed by atoms with Crippen molar-refractivity contribution in [1.82, 2.24) is 16.0 Å². The Morgan fingerprint density at radius 1 is 0.963 bits per heavy atom. The Kier molecular flexibility index (Phi) is 11.0. The molecule has 0 saturated heterocycles. The van der Waals surface area contributed by atoms with Gasteiger partial charge in [-0.15, -0.1) is 0 Å². The van der Waals surface area contributed by atoms with E-state index in [-0.39, 0.29) is 11.7 Å². The van der Waals surface area contributed by atoms with E-state index in [2.05, 4.69) is 28.6 Å². The molecule has 0 aromatic carbocycles. The summed E-state index contributed by atoms with van der Waals surface area (Å²) in [5, 5.41) is 25.6. The topological polar surface area (TPSA) is 171 Å². The number of carbonyl (C=O) groups is 4. The summed E-state index contributed by atoms with van der Waals surface area (Å²) in [6.45, 7) is 6.48. The molecule has 0 radical (unpaired) electrons. The number of hydrogen-bond donors (Lipinski definition) is 7. The number of aliphatic hydroxyl groups is 1. The summed E-state index contributed by atoms with van der Waals surface area (Å²) in [6, 6.07) is -4.46. The highest BCUT2D eigenvalue weighted by Crippen LogP contribution is 2.03. The number of thiol groups is 1. The van der Waals surface area contributed by atoms with Gasteiger partial charge in [-0.3, -0.25) is 14.4 Å². The first kappa shape index (κ1) is 25.1. The molecule has 0 aliphatic rings. The summed E-state index contributed by atoms with van der Waals surface area (Å²) in [5.74, 6) is -3.37. The number of rotatable bonds is 11. The number of hydrogen-bond acceptors (Lipinski definition) is 7. The normalized spacial score (nSPS) is 16.6. The Morgan fingerprint density at radius 3 is 1.93 bits per heavy atom. The first-order valence-corrected chi connectivity index (χ1v) is 9.22. The van der Waals surface area contributed by atoms with Crippen molar-refractivity contribution in [2.75, 3.05) is 5.75 Å². The summed E-state index contributed by atoms with van der Waals surface area (Å²) in [7, 11) is 0. The van der Waals surface area contributed by atoms with Gasteiger partial charge in [0.25, 0.3) is 0 Å². The predicted molar refractivity (Wildman–Crippen MR) is 102 cm³/mol. The van der Waals surface area contributed by atoms with Gasteiger partial charge in [-0.2, -0.15) is 12.6 Å². The van der Waals surface area contributed by atoms with Crippen LogP contribution in [0.2, 0.25) is 0 Å². The lowest BCUT2D eigenvalue weighted by atomic mass is 10.0. The number of carboxylic acid groups (broad SMARTS) is 1. The van der Waals surface area contributed by atoms with Gasteiger partial charge in [0.1, 0.15) is 18.1 Å². The van der Waals surface area contributed by atoms with Crippen molar-refractivity contribution >= 4 is 36.3 Å². The maximum atomic E-state index is 12.2. The summed E-state index contributed by atoms with van der Waals surface area (Å²) in [4.78, 5) is 47.4. The second-order valence-corrected chi connectivity index (χ2v) is 7.14. The zero-order valence-corrected chi connectivity index (χ0v) is 16.8. The highest BCUT2D eigenvalue weighted by molar-refractivity contribution is 7.80. The highest BCUT2D eigenvalue weighted by atomic mass is 32.1. The van der Waals surface area contributed by atoms with Crippen LogP contribution in [0.15, 0.2) is 0 Å². The minimum atomic E-state index is -1.40. The number of aliphatic carboxylic acids is 1. The maximum absolute atomic E-state index is 12.2. The molecule has 11 heteroatoms. The Hall–Kier alpha value is -1.85. The van der Waals surface area contributed by atoms with E-state index in [0.29, 0.717) is 6.42 Å². The van der Waals surface area contributed by atoms with Crippen LogP contribution in [0.1, 0.15) is 34.1 Å². The molecule has 156 valence electrons. The molecule has 7 N–H and O–H groups in total. The molecule has 5 atom stereocenters.